The van der Waals surface area contributed by atoms with Gasteiger partial charge in [-0.25, -0.2) is 0 Å². The summed E-state index contributed by atoms with van der Waals surface area (Å²) in [5.74, 6) is 0. The molecule has 0 spiro atoms. The van der Waals surface area contributed by atoms with Crippen molar-refractivity contribution < 1.29 is 17.0 Å². The molecule has 0 bridgehead atoms. The number of rotatable bonds is 4. The Morgan fingerprint density at radius 1 is 1.27 bits per heavy atom. The van der Waals surface area contributed by atoms with Gasteiger partial charge in [0.15, 0.2) is 0 Å². The van der Waals surface area contributed by atoms with E-state index in [1.807, 2.05) is 24.3 Å². The summed E-state index contributed by atoms with van der Waals surface area (Å²) >= 11 is 5.76. The summed E-state index contributed by atoms with van der Waals surface area (Å²) in [6.07, 6.45) is 8.89. The molecule has 0 radical (unpaired) electrons. The van der Waals surface area contributed by atoms with Crippen molar-refractivity contribution in [3.63, 3.8) is 0 Å². The first-order valence-electron chi connectivity index (χ1n) is 4.66. The molecule has 0 amide bonds. The first kappa shape index (κ1) is 17.9. The molecule has 78 valence electrons. The number of hydrogen-bond acceptors (Lipinski definition) is 0. The van der Waals surface area contributed by atoms with E-state index < -0.39 is 0 Å². The van der Waals surface area contributed by atoms with Gasteiger partial charge in [0.1, 0.15) is 0 Å². The molecular weight excluding hydrogens is 284 g/mol. The molecule has 0 nitrogen and oxygen atoms in total. The number of unbranched alkanes of at least 4 members (excludes halogenated alkanes) is 2. The van der Waals surface area contributed by atoms with Crippen molar-refractivity contribution in [3.8, 4) is 0 Å². The van der Waals surface area contributed by atoms with E-state index in [0.717, 1.165) is 17.0 Å². The van der Waals surface area contributed by atoms with Gasteiger partial charge in [0.05, 0.1) is 0 Å². The van der Waals surface area contributed by atoms with Crippen LogP contribution >= 0.6 is 11.6 Å². The minimum atomic E-state index is 0. The van der Waals surface area contributed by atoms with Crippen LogP contribution in [0.4, 0.5) is 0 Å². The summed E-state index contributed by atoms with van der Waals surface area (Å²) in [6, 6.07) is 7.73. The van der Waals surface area contributed by atoms with Crippen LogP contribution in [-0.2, 0) is 0 Å². The SMILES string of the molecule is CCCCC=[C-]c1ccc(Cl)cc1.[Br-].[Mg+2]. The van der Waals surface area contributed by atoms with Crippen molar-refractivity contribution in [1.82, 2.24) is 0 Å². The molecule has 1 aromatic carbocycles. The summed E-state index contributed by atoms with van der Waals surface area (Å²) in [5, 5.41) is 0.777. The molecular formula is C12H14BrClMg. The number of hydrogen-bond donors (Lipinski definition) is 0. The average Bonchev–Trinajstić information content (AvgIpc) is 2.15. The van der Waals surface area contributed by atoms with Crippen LogP contribution in [0.5, 0.6) is 0 Å². The average molecular weight is 298 g/mol. The van der Waals surface area contributed by atoms with Crippen molar-refractivity contribution in [2.45, 2.75) is 26.2 Å². The third-order valence-corrected chi connectivity index (χ3v) is 2.07. The molecule has 0 N–H and O–H groups in total. The van der Waals surface area contributed by atoms with Crippen molar-refractivity contribution in [1.29, 1.82) is 0 Å². The van der Waals surface area contributed by atoms with E-state index in [1.54, 1.807) is 0 Å². The predicted octanol–water partition coefficient (Wildman–Crippen LogP) is 0.861. The van der Waals surface area contributed by atoms with Gasteiger partial charge < -0.3 is 17.0 Å². The smallest absolute Gasteiger partial charge is 1.00 e. The number of allylic oxidation sites excluding steroid dienone is 1. The molecule has 1 aromatic rings. The zero-order valence-electron chi connectivity index (χ0n) is 8.97. The number of halogens is 2. The van der Waals surface area contributed by atoms with Crippen LogP contribution in [0.2, 0.25) is 5.02 Å². The van der Waals surface area contributed by atoms with E-state index in [0.29, 0.717) is 0 Å². The Balaban J connectivity index is 0. The second kappa shape index (κ2) is 11.0. The zero-order valence-corrected chi connectivity index (χ0v) is 12.7. The molecule has 0 fully saturated rings. The monoisotopic (exact) mass is 296 g/mol. The van der Waals surface area contributed by atoms with Gasteiger partial charge in [-0.15, -0.1) is 6.08 Å². The summed E-state index contributed by atoms with van der Waals surface area (Å²) in [7, 11) is 0. The molecule has 0 saturated heterocycles. The van der Waals surface area contributed by atoms with Gasteiger partial charge >= 0.3 is 23.1 Å². The normalized spacial score (nSPS) is 9.47. The van der Waals surface area contributed by atoms with E-state index in [-0.39, 0.29) is 40.0 Å². The van der Waals surface area contributed by atoms with Gasteiger partial charge in [-0.05, 0) is 6.42 Å². The summed E-state index contributed by atoms with van der Waals surface area (Å²) in [5.41, 5.74) is 1.10. The minimum Gasteiger partial charge on any atom is -1.00 e. The van der Waals surface area contributed by atoms with Gasteiger partial charge in [-0.2, -0.15) is 23.8 Å². The van der Waals surface area contributed by atoms with E-state index >= 15 is 0 Å². The Bertz CT molecular complexity index is 269. The third-order valence-electron chi connectivity index (χ3n) is 1.81. The van der Waals surface area contributed by atoms with Crippen molar-refractivity contribution in [3.05, 3.63) is 47.0 Å². The topological polar surface area (TPSA) is 0 Å². The Hall–Kier alpha value is 0.496. The molecule has 15 heavy (non-hydrogen) atoms. The Morgan fingerprint density at radius 3 is 2.40 bits per heavy atom. The molecule has 0 heterocycles. The predicted molar refractivity (Wildman–Crippen MR) is 63.6 cm³/mol. The fourth-order valence-corrected chi connectivity index (χ4v) is 1.17. The molecule has 0 aliphatic rings. The first-order valence-corrected chi connectivity index (χ1v) is 5.04. The van der Waals surface area contributed by atoms with Crippen LogP contribution in [0.25, 0.3) is 0 Å². The minimum absolute atomic E-state index is 0. The van der Waals surface area contributed by atoms with Crippen LogP contribution < -0.4 is 17.0 Å². The van der Waals surface area contributed by atoms with Crippen molar-refractivity contribution >= 4 is 34.7 Å². The Labute approximate surface area is 124 Å². The fourth-order valence-electron chi connectivity index (χ4n) is 1.04. The standard InChI is InChI=1S/C12H14Cl.BrH.Mg/c1-2-3-4-5-6-11-7-9-12(13)10-8-11;;/h5,7-10H,2-4H2,1H3;1H;/q-1;;+2/p-1. The van der Waals surface area contributed by atoms with Crippen LogP contribution in [0.1, 0.15) is 31.7 Å². The van der Waals surface area contributed by atoms with Gasteiger partial charge in [0.2, 0.25) is 0 Å². The molecule has 3 heteroatoms. The van der Waals surface area contributed by atoms with Crippen molar-refractivity contribution in [2.75, 3.05) is 0 Å². The molecule has 1 rings (SSSR count). The maximum atomic E-state index is 5.76. The fraction of sp³-hybridized carbons (Fsp3) is 0.333. The van der Waals surface area contributed by atoms with E-state index in [9.17, 15) is 0 Å². The molecule has 0 unspecified atom stereocenters. The summed E-state index contributed by atoms with van der Waals surface area (Å²) < 4.78 is 0. The molecule has 0 aromatic heterocycles. The van der Waals surface area contributed by atoms with Gasteiger partial charge in [-0.1, -0.05) is 43.5 Å². The van der Waals surface area contributed by atoms with Gasteiger partial charge in [0.25, 0.3) is 0 Å². The second-order valence-electron chi connectivity index (χ2n) is 3.00. The second-order valence-corrected chi connectivity index (χ2v) is 3.43. The summed E-state index contributed by atoms with van der Waals surface area (Å²) in [6.45, 7) is 2.19. The molecule has 0 aliphatic carbocycles. The number of benzene rings is 1. The largest absolute Gasteiger partial charge is 2.00 e. The summed E-state index contributed by atoms with van der Waals surface area (Å²) in [4.78, 5) is 0. The molecule has 0 aliphatic heterocycles. The van der Waals surface area contributed by atoms with Crippen LogP contribution in [-0.4, -0.2) is 23.1 Å². The van der Waals surface area contributed by atoms with E-state index in [2.05, 4.69) is 19.1 Å². The zero-order chi connectivity index (χ0) is 9.52. The van der Waals surface area contributed by atoms with Crippen LogP contribution in [0.3, 0.4) is 0 Å². The van der Waals surface area contributed by atoms with Crippen LogP contribution in [0, 0.1) is 6.08 Å². The molecule has 0 saturated carbocycles. The Kier molecular flexibility index (Phi) is 13.1. The van der Waals surface area contributed by atoms with E-state index in [4.69, 9.17) is 11.6 Å². The molecule has 0 atom stereocenters. The van der Waals surface area contributed by atoms with Crippen molar-refractivity contribution in [2.24, 2.45) is 0 Å². The van der Waals surface area contributed by atoms with Gasteiger partial charge in [-0.3, -0.25) is 0 Å². The van der Waals surface area contributed by atoms with Crippen LogP contribution in [0.15, 0.2) is 30.3 Å². The van der Waals surface area contributed by atoms with E-state index in [1.165, 1.54) is 12.8 Å². The maximum absolute atomic E-state index is 5.76. The maximum Gasteiger partial charge on any atom is 2.00 e. The Morgan fingerprint density at radius 2 is 1.87 bits per heavy atom. The third kappa shape index (κ3) is 8.32. The first-order chi connectivity index (χ1) is 6.33. The quantitative estimate of drug-likeness (QED) is 0.439. The van der Waals surface area contributed by atoms with Gasteiger partial charge in [0, 0.05) is 5.02 Å².